The smallest absolute Gasteiger partial charge is 0.226 e. The summed E-state index contributed by atoms with van der Waals surface area (Å²) in [6.45, 7) is 0. The Morgan fingerprint density at radius 1 is 1.06 bits per heavy atom. The molecule has 0 bridgehead atoms. The molecule has 34 heavy (non-hydrogen) atoms. The van der Waals surface area contributed by atoms with Crippen LogP contribution in [0.15, 0.2) is 47.9 Å². The third kappa shape index (κ3) is 3.58. The molecule has 10 heteroatoms. The molecule has 0 amide bonds. The van der Waals surface area contributed by atoms with Crippen molar-refractivity contribution in [1.82, 2.24) is 14.8 Å². The molecular formula is C24H22Cl2N4O4. The lowest BCUT2D eigenvalue weighted by Crippen LogP contribution is -2.33. The number of nitrogens with one attached hydrogen (secondary N) is 1. The Morgan fingerprint density at radius 2 is 1.79 bits per heavy atom. The molecule has 1 aliphatic heterocycles. The van der Waals surface area contributed by atoms with Gasteiger partial charge in [-0.15, -0.1) is 0 Å². The van der Waals surface area contributed by atoms with E-state index in [-0.39, 0.29) is 11.7 Å². The first-order valence-electron chi connectivity index (χ1n) is 10.6. The average Bonchev–Trinajstić information content (AvgIpc) is 3.31. The van der Waals surface area contributed by atoms with Gasteiger partial charge in [-0.05, 0) is 36.1 Å². The fourth-order valence-corrected chi connectivity index (χ4v) is 5.16. The number of anilines is 1. The molecule has 5 rings (SSSR count). The lowest BCUT2D eigenvalue weighted by molar-refractivity contribution is -0.116. The minimum Gasteiger partial charge on any atom is -0.493 e. The van der Waals surface area contributed by atoms with Crippen LogP contribution in [0.2, 0.25) is 10.0 Å². The number of hydrogen-bond acceptors (Lipinski definition) is 7. The zero-order valence-electron chi connectivity index (χ0n) is 18.8. The van der Waals surface area contributed by atoms with Crippen LogP contribution in [-0.4, -0.2) is 41.9 Å². The minimum atomic E-state index is -0.520. The molecule has 0 saturated heterocycles. The van der Waals surface area contributed by atoms with E-state index in [4.69, 9.17) is 37.4 Å². The fourth-order valence-electron chi connectivity index (χ4n) is 4.74. The Morgan fingerprint density at radius 3 is 2.47 bits per heavy atom. The number of hydrogen-bond donors (Lipinski definition) is 1. The van der Waals surface area contributed by atoms with Crippen LogP contribution in [0.1, 0.15) is 35.9 Å². The van der Waals surface area contributed by atoms with E-state index in [2.05, 4.69) is 15.4 Å². The summed E-state index contributed by atoms with van der Waals surface area (Å²) in [6, 6.07) is 8.65. The zero-order chi connectivity index (χ0) is 24.0. The van der Waals surface area contributed by atoms with Crippen LogP contribution < -0.4 is 19.5 Å². The molecule has 0 spiro atoms. The maximum atomic E-state index is 13.6. The largest absolute Gasteiger partial charge is 0.493 e. The molecule has 0 fully saturated rings. The van der Waals surface area contributed by atoms with E-state index in [1.807, 2.05) is 24.3 Å². The number of Topliss-reactive ketones (excluding diaryl/α,β-unsaturated/α-hetero) is 1. The van der Waals surface area contributed by atoms with Gasteiger partial charge in [-0.3, -0.25) is 4.79 Å². The number of nitrogens with zero attached hydrogens (tertiary/aromatic N) is 3. The third-order valence-corrected chi connectivity index (χ3v) is 7.13. The Balaban J connectivity index is 1.60. The Labute approximate surface area is 206 Å². The maximum absolute atomic E-state index is 13.6. The summed E-state index contributed by atoms with van der Waals surface area (Å²) in [5.74, 6) is 2.04. The number of carbonyl (C=O) groups is 1. The normalized spacial score (nSPS) is 19.3. The van der Waals surface area contributed by atoms with E-state index in [0.29, 0.717) is 57.2 Å². The number of allylic oxidation sites excluding steroid dienone is 2. The molecule has 0 saturated carbocycles. The van der Waals surface area contributed by atoms with Gasteiger partial charge >= 0.3 is 0 Å². The molecule has 2 atom stereocenters. The molecule has 8 nitrogen and oxygen atoms in total. The van der Waals surface area contributed by atoms with Gasteiger partial charge in [-0.1, -0.05) is 35.3 Å². The third-order valence-electron chi connectivity index (χ3n) is 6.30. The van der Waals surface area contributed by atoms with Crippen LogP contribution in [0.25, 0.3) is 0 Å². The average molecular weight is 501 g/mol. The molecule has 176 valence electrons. The SMILES string of the molecule is COc1cc([C@@H]2CC(=O)C3=C(C2)Nc2ncnn2[C@@H]3c2cccc(Cl)c2Cl)cc(OC)c1OC. The zero-order valence-corrected chi connectivity index (χ0v) is 20.3. The number of methoxy groups -OCH3 is 3. The van der Waals surface area contributed by atoms with Crippen LogP contribution in [0.4, 0.5) is 5.95 Å². The van der Waals surface area contributed by atoms with E-state index in [1.54, 1.807) is 32.1 Å². The lowest BCUT2D eigenvalue weighted by atomic mass is 9.77. The van der Waals surface area contributed by atoms with Gasteiger partial charge in [-0.2, -0.15) is 10.1 Å². The second-order valence-electron chi connectivity index (χ2n) is 8.08. The Kier molecular flexibility index (Phi) is 5.87. The van der Waals surface area contributed by atoms with Gasteiger partial charge in [0.05, 0.1) is 31.4 Å². The Hall–Kier alpha value is -3.23. The monoisotopic (exact) mass is 500 g/mol. The predicted octanol–water partition coefficient (Wildman–Crippen LogP) is 5.03. The van der Waals surface area contributed by atoms with Crippen molar-refractivity contribution < 1.29 is 19.0 Å². The second-order valence-corrected chi connectivity index (χ2v) is 8.86. The first kappa shape index (κ1) is 22.6. The van der Waals surface area contributed by atoms with E-state index in [9.17, 15) is 4.79 Å². The molecule has 1 aromatic heterocycles. The van der Waals surface area contributed by atoms with Crippen molar-refractivity contribution in [2.24, 2.45) is 0 Å². The van der Waals surface area contributed by atoms with E-state index in [1.165, 1.54) is 6.33 Å². The molecule has 0 unspecified atom stereocenters. The topological polar surface area (TPSA) is 87.5 Å². The summed E-state index contributed by atoms with van der Waals surface area (Å²) in [5, 5.41) is 8.48. The highest BCUT2D eigenvalue weighted by molar-refractivity contribution is 6.42. The highest BCUT2D eigenvalue weighted by Gasteiger charge is 2.40. The number of aromatic nitrogens is 3. The Bertz CT molecular complexity index is 1300. The van der Waals surface area contributed by atoms with Crippen LogP contribution in [0, 0.1) is 0 Å². The molecule has 2 aromatic carbocycles. The molecule has 1 N–H and O–H groups in total. The number of fused-ring (bicyclic) bond motifs is 1. The maximum Gasteiger partial charge on any atom is 0.226 e. The number of carbonyl (C=O) groups excluding carboxylic acids is 1. The summed E-state index contributed by atoms with van der Waals surface area (Å²) in [7, 11) is 4.70. The molecule has 0 radical (unpaired) electrons. The molecule has 2 aliphatic rings. The van der Waals surface area contributed by atoms with Gasteiger partial charge in [-0.25, -0.2) is 4.68 Å². The van der Waals surface area contributed by atoms with Crippen molar-refractivity contribution in [1.29, 1.82) is 0 Å². The van der Waals surface area contributed by atoms with Gasteiger partial charge in [0, 0.05) is 23.3 Å². The molecule has 1 aliphatic carbocycles. The van der Waals surface area contributed by atoms with E-state index < -0.39 is 6.04 Å². The number of rotatable bonds is 5. The predicted molar refractivity (Wildman–Crippen MR) is 128 cm³/mol. The lowest BCUT2D eigenvalue weighted by Gasteiger charge is -2.35. The van der Waals surface area contributed by atoms with Gasteiger partial charge in [0.2, 0.25) is 11.7 Å². The number of ether oxygens (including phenoxy) is 3. The highest BCUT2D eigenvalue weighted by Crippen LogP contribution is 2.48. The summed E-state index contributed by atoms with van der Waals surface area (Å²) in [5.41, 5.74) is 3.03. The van der Waals surface area contributed by atoms with Crippen LogP contribution in [-0.2, 0) is 4.79 Å². The summed E-state index contributed by atoms with van der Waals surface area (Å²) < 4.78 is 18.1. The van der Waals surface area contributed by atoms with Gasteiger partial charge in [0.1, 0.15) is 12.4 Å². The van der Waals surface area contributed by atoms with Crippen LogP contribution in [0.3, 0.4) is 0 Å². The standard InChI is InChI=1S/C24H22Cl2N4O4/c1-32-18-9-13(10-19(33-2)23(18)34-3)12-7-16-20(17(31)8-12)22(30-24(29-16)27-11-28-30)14-5-4-6-15(25)21(14)26/h4-6,9-12,22H,7-8H2,1-3H3,(H,27,28,29)/t12-,22+/m0/s1. The van der Waals surface area contributed by atoms with Crippen molar-refractivity contribution in [3.05, 3.63) is 69.1 Å². The molecule has 3 aromatic rings. The van der Waals surface area contributed by atoms with Gasteiger partial charge < -0.3 is 19.5 Å². The van der Waals surface area contributed by atoms with Crippen molar-refractivity contribution in [2.75, 3.05) is 26.6 Å². The van der Waals surface area contributed by atoms with Crippen molar-refractivity contribution >= 4 is 34.9 Å². The second kappa shape index (κ2) is 8.85. The van der Waals surface area contributed by atoms with Crippen LogP contribution >= 0.6 is 23.2 Å². The number of benzene rings is 2. The first-order valence-corrected chi connectivity index (χ1v) is 11.4. The number of ketones is 1. The summed E-state index contributed by atoms with van der Waals surface area (Å²) in [6.07, 6.45) is 2.34. The van der Waals surface area contributed by atoms with Gasteiger partial charge in [0.25, 0.3) is 0 Å². The molecular weight excluding hydrogens is 479 g/mol. The minimum absolute atomic E-state index is 0.00491. The first-order chi connectivity index (χ1) is 16.5. The van der Waals surface area contributed by atoms with E-state index >= 15 is 0 Å². The fraction of sp³-hybridized carbons (Fsp3) is 0.292. The summed E-state index contributed by atoms with van der Waals surface area (Å²) in [4.78, 5) is 18.0. The van der Waals surface area contributed by atoms with Crippen LogP contribution in [0.5, 0.6) is 17.2 Å². The number of halogens is 2. The van der Waals surface area contributed by atoms with Gasteiger partial charge in [0.15, 0.2) is 17.3 Å². The highest BCUT2D eigenvalue weighted by atomic mass is 35.5. The van der Waals surface area contributed by atoms with E-state index in [0.717, 1.165) is 11.3 Å². The summed E-state index contributed by atoms with van der Waals surface area (Å²) >= 11 is 12.9. The molecule has 2 heterocycles. The van der Waals surface area contributed by atoms with Crippen molar-refractivity contribution in [2.45, 2.75) is 24.8 Å². The van der Waals surface area contributed by atoms with Crippen molar-refractivity contribution in [3.8, 4) is 17.2 Å². The quantitative estimate of drug-likeness (QED) is 0.525. The van der Waals surface area contributed by atoms with Crippen molar-refractivity contribution in [3.63, 3.8) is 0 Å².